The first-order valence-corrected chi connectivity index (χ1v) is 8.70. The maximum absolute atomic E-state index is 5.88. The lowest BCUT2D eigenvalue weighted by molar-refractivity contribution is 0.379. The zero-order valence-electron chi connectivity index (χ0n) is 15.6. The van der Waals surface area contributed by atoms with Gasteiger partial charge in [-0.3, -0.25) is 4.99 Å². The molecule has 0 amide bonds. The number of hydrogen-bond acceptors (Lipinski definition) is 3. The van der Waals surface area contributed by atoms with E-state index in [2.05, 4.69) is 42.6 Å². The van der Waals surface area contributed by atoms with E-state index in [-0.39, 0.29) is 0 Å². The number of aliphatic imine (C=N–C) groups is 1. The van der Waals surface area contributed by atoms with Gasteiger partial charge in [-0.25, -0.2) is 0 Å². The van der Waals surface area contributed by atoms with Crippen LogP contribution in [-0.2, 0) is 0 Å². The average Bonchev–Trinajstić information content (AvgIpc) is 3.02. The first-order chi connectivity index (χ1) is 12.6. The first-order valence-electron chi connectivity index (χ1n) is 8.70. The highest BCUT2D eigenvalue weighted by Gasteiger charge is 2.05. The van der Waals surface area contributed by atoms with Crippen molar-refractivity contribution < 1.29 is 9.47 Å². The van der Waals surface area contributed by atoms with Crippen molar-refractivity contribution in [3.63, 3.8) is 0 Å². The van der Waals surface area contributed by atoms with E-state index < -0.39 is 0 Å². The third-order valence-corrected chi connectivity index (χ3v) is 4.12. The second-order valence-corrected chi connectivity index (χ2v) is 6.42. The predicted octanol–water partition coefficient (Wildman–Crippen LogP) is 5.93. The summed E-state index contributed by atoms with van der Waals surface area (Å²) in [6.07, 6.45) is 4.02. The molecule has 0 aliphatic heterocycles. The smallest absolute Gasteiger partial charge is 0.169 e. The minimum Gasteiger partial charge on any atom is -0.493 e. The van der Waals surface area contributed by atoms with Gasteiger partial charge in [-0.2, -0.15) is 0 Å². The van der Waals surface area contributed by atoms with Gasteiger partial charge in [0.1, 0.15) is 5.75 Å². The van der Waals surface area contributed by atoms with Gasteiger partial charge in [0.15, 0.2) is 11.5 Å². The lowest BCUT2D eigenvalue weighted by Crippen LogP contribution is -2.00. The molecule has 0 radical (unpaired) electrons. The highest BCUT2D eigenvalue weighted by Crippen LogP contribution is 2.31. The summed E-state index contributed by atoms with van der Waals surface area (Å²) >= 11 is 0. The minimum absolute atomic E-state index is 0.448. The second-order valence-electron chi connectivity index (χ2n) is 6.42. The summed E-state index contributed by atoms with van der Waals surface area (Å²) in [6.45, 7) is 6.46. The fourth-order valence-corrected chi connectivity index (χ4v) is 2.82. The van der Waals surface area contributed by atoms with Crippen molar-refractivity contribution in [2.45, 2.75) is 26.8 Å². The molecular formula is C22H24N2O2. The Labute approximate surface area is 154 Å². The summed E-state index contributed by atoms with van der Waals surface area (Å²) in [5, 5.41) is 0. The molecule has 1 aromatic heterocycles. The summed E-state index contributed by atoms with van der Waals surface area (Å²) in [4.78, 5) is 4.55. The fourth-order valence-electron chi connectivity index (χ4n) is 2.82. The lowest BCUT2D eigenvalue weighted by Gasteiger charge is -2.09. The number of para-hydroxylation sites is 2. The summed E-state index contributed by atoms with van der Waals surface area (Å²) in [7, 11) is 1.63. The summed E-state index contributed by atoms with van der Waals surface area (Å²) in [5.74, 6) is 2.15. The van der Waals surface area contributed by atoms with Crippen LogP contribution in [0.15, 0.2) is 65.8 Å². The highest BCUT2D eigenvalue weighted by atomic mass is 16.5. The molecule has 0 fully saturated rings. The van der Waals surface area contributed by atoms with Crippen molar-refractivity contribution in [2.24, 2.45) is 4.99 Å². The number of ether oxygens (including phenoxy) is 2. The molecule has 3 rings (SSSR count). The fraction of sp³-hybridized carbons (Fsp3) is 0.227. The molecule has 0 saturated carbocycles. The van der Waals surface area contributed by atoms with E-state index in [4.69, 9.17) is 9.47 Å². The molecule has 0 spiro atoms. The highest BCUT2D eigenvalue weighted by molar-refractivity contribution is 5.82. The maximum atomic E-state index is 5.88. The Hall–Kier alpha value is -3.01. The molecule has 2 aromatic carbocycles. The molecule has 0 aliphatic carbocycles. The molecule has 3 aromatic rings. The van der Waals surface area contributed by atoms with Crippen molar-refractivity contribution in [1.29, 1.82) is 0 Å². The Morgan fingerprint density at radius 2 is 1.69 bits per heavy atom. The van der Waals surface area contributed by atoms with E-state index in [0.29, 0.717) is 17.5 Å². The molecule has 0 N–H and O–H groups in total. The number of rotatable bonds is 6. The van der Waals surface area contributed by atoms with E-state index in [1.165, 1.54) is 5.69 Å². The zero-order valence-corrected chi connectivity index (χ0v) is 15.6. The van der Waals surface area contributed by atoms with Gasteiger partial charge in [0.2, 0.25) is 0 Å². The summed E-state index contributed by atoms with van der Waals surface area (Å²) < 4.78 is 13.4. The van der Waals surface area contributed by atoms with E-state index in [9.17, 15) is 0 Å². The van der Waals surface area contributed by atoms with Crippen LogP contribution >= 0.6 is 0 Å². The molecule has 0 saturated heterocycles. The van der Waals surface area contributed by atoms with Crippen LogP contribution in [0.2, 0.25) is 0 Å². The molecule has 0 unspecified atom stereocenters. The van der Waals surface area contributed by atoms with Crippen molar-refractivity contribution in [3.05, 3.63) is 72.1 Å². The van der Waals surface area contributed by atoms with Crippen LogP contribution < -0.4 is 9.47 Å². The number of nitrogens with zero attached hydrogens (tertiary/aromatic N) is 2. The largest absolute Gasteiger partial charge is 0.493 e. The number of benzene rings is 2. The monoisotopic (exact) mass is 348 g/mol. The van der Waals surface area contributed by atoms with Crippen molar-refractivity contribution >= 4 is 11.9 Å². The Bertz CT molecular complexity index is 893. The normalized spacial score (nSPS) is 11.3. The number of hydrogen-bond donors (Lipinski definition) is 0. The molecular weight excluding hydrogens is 324 g/mol. The third-order valence-electron chi connectivity index (χ3n) is 4.12. The average molecular weight is 348 g/mol. The molecule has 134 valence electrons. The summed E-state index contributed by atoms with van der Waals surface area (Å²) in [5.41, 5.74) is 3.22. The summed E-state index contributed by atoms with van der Waals surface area (Å²) in [6, 6.07) is 17.9. The lowest BCUT2D eigenvalue weighted by atomic mass is 10.3. The number of aromatic nitrogens is 1. The van der Waals surface area contributed by atoms with Crippen LogP contribution in [0.4, 0.5) is 5.69 Å². The van der Waals surface area contributed by atoms with Crippen LogP contribution in [0.25, 0.3) is 0 Å². The van der Waals surface area contributed by atoms with Gasteiger partial charge in [0.05, 0.1) is 12.8 Å². The van der Waals surface area contributed by atoms with Crippen LogP contribution in [0.3, 0.4) is 0 Å². The minimum atomic E-state index is 0.448. The molecule has 0 aliphatic rings. The van der Waals surface area contributed by atoms with Gasteiger partial charge in [0.25, 0.3) is 0 Å². The van der Waals surface area contributed by atoms with Crippen molar-refractivity contribution in [3.8, 4) is 17.2 Å². The third kappa shape index (κ3) is 4.14. The Kier molecular flexibility index (Phi) is 5.42. The van der Waals surface area contributed by atoms with E-state index >= 15 is 0 Å². The van der Waals surface area contributed by atoms with Gasteiger partial charge in [-0.05, 0) is 63.2 Å². The molecule has 26 heavy (non-hydrogen) atoms. The maximum Gasteiger partial charge on any atom is 0.169 e. The number of aryl methyl sites for hydroxylation is 1. The van der Waals surface area contributed by atoms with Gasteiger partial charge in [0, 0.05) is 29.7 Å². The Morgan fingerprint density at radius 3 is 2.31 bits per heavy atom. The van der Waals surface area contributed by atoms with Crippen LogP contribution in [-0.4, -0.2) is 17.9 Å². The molecule has 4 nitrogen and oxygen atoms in total. The second kappa shape index (κ2) is 7.91. The molecule has 4 heteroatoms. The van der Waals surface area contributed by atoms with E-state index in [0.717, 1.165) is 17.0 Å². The van der Waals surface area contributed by atoms with Crippen molar-refractivity contribution in [2.75, 3.05) is 7.11 Å². The van der Waals surface area contributed by atoms with Crippen LogP contribution in [0.1, 0.15) is 31.1 Å². The van der Waals surface area contributed by atoms with Gasteiger partial charge in [-0.1, -0.05) is 12.1 Å². The van der Waals surface area contributed by atoms with Gasteiger partial charge in [-0.15, -0.1) is 0 Å². The van der Waals surface area contributed by atoms with E-state index in [1.807, 2.05) is 54.7 Å². The van der Waals surface area contributed by atoms with Gasteiger partial charge >= 0.3 is 0 Å². The molecule has 0 atom stereocenters. The standard InChI is InChI=1S/C22H24N2O2/c1-16(2)24-15-18(13-17(24)3)14-23-19-9-11-20(12-10-19)26-22-8-6-5-7-21(22)25-4/h5-16H,1-4H3. The Morgan fingerprint density at radius 1 is 1.00 bits per heavy atom. The quantitative estimate of drug-likeness (QED) is 0.518. The van der Waals surface area contributed by atoms with Crippen LogP contribution in [0.5, 0.6) is 17.2 Å². The Balaban J connectivity index is 1.70. The number of methoxy groups -OCH3 is 1. The van der Waals surface area contributed by atoms with Crippen molar-refractivity contribution in [1.82, 2.24) is 4.57 Å². The molecule has 0 bridgehead atoms. The van der Waals surface area contributed by atoms with Crippen LogP contribution in [0, 0.1) is 6.92 Å². The predicted molar refractivity (Wildman–Crippen MR) is 106 cm³/mol. The zero-order chi connectivity index (χ0) is 18.5. The van der Waals surface area contributed by atoms with Gasteiger partial charge < -0.3 is 14.0 Å². The SMILES string of the molecule is COc1ccccc1Oc1ccc(N=Cc2cc(C)n(C(C)C)c2)cc1. The van der Waals surface area contributed by atoms with E-state index in [1.54, 1.807) is 7.11 Å². The topological polar surface area (TPSA) is 35.8 Å². The molecule has 1 heterocycles. The first kappa shape index (κ1) is 17.8.